The zero-order valence-corrected chi connectivity index (χ0v) is 11.9. The molecule has 0 atom stereocenters. The minimum atomic E-state index is -0.0942. The van der Waals surface area contributed by atoms with Gasteiger partial charge in [0.25, 0.3) is 0 Å². The van der Waals surface area contributed by atoms with Crippen molar-refractivity contribution in [3.05, 3.63) is 59.7 Å². The topological polar surface area (TPSA) is 18.5 Å². The average molecular weight is 256 g/mol. The van der Waals surface area contributed by atoms with Crippen molar-refractivity contribution >= 4 is 0 Å². The standard InChI is InChI=1S/C17H20O2/c1-17(2,13-8-6-5-7-9-13)14-10-15(18-3)12-16(11-14)19-4/h5-12H,1-4H3. The van der Waals surface area contributed by atoms with Gasteiger partial charge in [-0.25, -0.2) is 0 Å². The lowest BCUT2D eigenvalue weighted by molar-refractivity contribution is 0.391. The van der Waals surface area contributed by atoms with Gasteiger partial charge in [-0.3, -0.25) is 0 Å². The Morgan fingerprint density at radius 1 is 0.737 bits per heavy atom. The van der Waals surface area contributed by atoms with Crippen LogP contribution in [0.3, 0.4) is 0 Å². The van der Waals surface area contributed by atoms with E-state index in [1.54, 1.807) is 14.2 Å². The molecule has 0 aliphatic heterocycles. The van der Waals surface area contributed by atoms with Gasteiger partial charge in [-0.15, -0.1) is 0 Å². The predicted octanol–water partition coefficient (Wildman–Crippen LogP) is 4.03. The molecule has 19 heavy (non-hydrogen) atoms. The van der Waals surface area contributed by atoms with Crippen LogP contribution in [0.2, 0.25) is 0 Å². The highest BCUT2D eigenvalue weighted by molar-refractivity contribution is 5.46. The lowest BCUT2D eigenvalue weighted by Crippen LogP contribution is -2.18. The first-order valence-corrected chi connectivity index (χ1v) is 6.37. The molecule has 2 rings (SSSR count). The fraction of sp³-hybridized carbons (Fsp3) is 0.294. The molecule has 2 aromatic carbocycles. The van der Waals surface area contributed by atoms with Crippen LogP contribution < -0.4 is 9.47 Å². The number of benzene rings is 2. The summed E-state index contributed by atoms with van der Waals surface area (Å²) in [4.78, 5) is 0. The molecule has 2 heteroatoms. The van der Waals surface area contributed by atoms with E-state index in [2.05, 4.69) is 50.2 Å². The molecule has 2 nitrogen and oxygen atoms in total. The third-order valence-corrected chi connectivity index (χ3v) is 3.57. The molecular formula is C17H20O2. The molecule has 0 aromatic heterocycles. The third kappa shape index (κ3) is 2.73. The van der Waals surface area contributed by atoms with Crippen LogP contribution in [0, 0.1) is 0 Å². The highest BCUT2D eigenvalue weighted by Gasteiger charge is 2.24. The van der Waals surface area contributed by atoms with Gasteiger partial charge in [0.1, 0.15) is 11.5 Å². The summed E-state index contributed by atoms with van der Waals surface area (Å²) in [6.07, 6.45) is 0. The highest BCUT2D eigenvalue weighted by atomic mass is 16.5. The van der Waals surface area contributed by atoms with Gasteiger partial charge in [-0.05, 0) is 23.3 Å². The fourth-order valence-corrected chi connectivity index (χ4v) is 2.19. The number of hydrogen-bond acceptors (Lipinski definition) is 2. The first-order valence-electron chi connectivity index (χ1n) is 6.37. The summed E-state index contributed by atoms with van der Waals surface area (Å²) in [6, 6.07) is 16.5. The Labute approximate surface area is 115 Å². The van der Waals surface area contributed by atoms with Crippen molar-refractivity contribution in [2.24, 2.45) is 0 Å². The van der Waals surface area contributed by atoms with Gasteiger partial charge in [0.05, 0.1) is 14.2 Å². The summed E-state index contributed by atoms with van der Waals surface area (Å²) in [7, 11) is 3.35. The monoisotopic (exact) mass is 256 g/mol. The second-order valence-corrected chi connectivity index (χ2v) is 5.09. The summed E-state index contributed by atoms with van der Waals surface area (Å²) in [6.45, 7) is 4.41. The van der Waals surface area contributed by atoms with Gasteiger partial charge in [0.2, 0.25) is 0 Å². The van der Waals surface area contributed by atoms with Gasteiger partial charge in [0, 0.05) is 11.5 Å². The summed E-state index contributed by atoms with van der Waals surface area (Å²) in [5, 5.41) is 0. The van der Waals surface area contributed by atoms with Crippen molar-refractivity contribution < 1.29 is 9.47 Å². The normalized spacial score (nSPS) is 11.2. The van der Waals surface area contributed by atoms with Crippen molar-refractivity contribution in [1.82, 2.24) is 0 Å². The van der Waals surface area contributed by atoms with Crippen molar-refractivity contribution in [3.8, 4) is 11.5 Å². The minimum absolute atomic E-state index is 0.0942. The van der Waals surface area contributed by atoms with E-state index in [4.69, 9.17) is 9.47 Å². The van der Waals surface area contributed by atoms with E-state index >= 15 is 0 Å². The Kier molecular flexibility index (Phi) is 3.79. The molecule has 0 bridgehead atoms. The van der Waals surface area contributed by atoms with E-state index < -0.39 is 0 Å². The molecule has 0 heterocycles. The van der Waals surface area contributed by atoms with E-state index in [9.17, 15) is 0 Å². The fourth-order valence-electron chi connectivity index (χ4n) is 2.19. The Morgan fingerprint density at radius 3 is 1.74 bits per heavy atom. The number of methoxy groups -OCH3 is 2. The van der Waals surface area contributed by atoms with Gasteiger partial charge in [0.15, 0.2) is 0 Å². The SMILES string of the molecule is COc1cc(OC)cc(C(C)(C)c2ccccc2)c1. The quantitative estimate of drug-likeness (QED) is 0.822. The molecule has 0 fully saturated rings. The van der Waals surface area contributed by atoms with Crippen LogP contribution in [0.1, 0.15) is 25.0 Å². The molecule has 0 N–H and O–H groups in total. The first-order chi connectivity index (χ1) is 9.07. The zero-order chi connectivity index (χ0) is 13.9. The number of ether oxygens (including phenoxy) is 2. The van der Waals surface area contributed by atoms with Crippen LogP contribution in [-0.4, -0.2) is 14.2 Å². The summed E-state index contributed by atoms with van der Waals surface area (Å²) < 4.78 is 10.7. The van der Waals surface area contributed by atoms with Crippen molar-refractivity contribution in [1.29, 1.82) is 0 Å². The first kappa shape index (κ1) is 13.5. The highest BCUT2D eigenvalue weighted by Crippen LogP contribution is 2.35. The van der Waals surface area contributed by atoms with Crippen molar-refractivity contribution in [2.75, 3.05) is 14.2 Å². The summed E-state index contributed by atoms with van der Waals surface area (Å²) in [5.74, 6) is 1.64. The molecule has 0 aliphatic carbocycles. The van der Waals surface area contributed by atoms with Crippen LogP contribution in [0.25, 0.3) is 0 Å². The third-order valence-electron chi connectivity index (χ3n) is 3.57. The van der Waals surface area contributed by atoms with Crippen LogP contribution in [0.4, 0.5) is 0 Å². The van der Waals surface area contributed by atoms with Crippen molar-refractivity contribution in [3.63, 3.8) is 0 Å². The Bertz CT molecular complexity index is 522. The Balaban J connectivity index is 2.51. The lowest BCUT2D eigenvalue weighted by Gasteiger charge is -2.27. The second-order valence-electron chi connectivity index (χ2n) is 5.09. The van der Waals surface area contributed by atoms with Crippen LogP contribution in [-0.2, 0) is 5.41 Å². The van der Waals surface area contributed by atoms with E-state index in [1.165, 1.54) is 11.1 Å². The van der Waals surface area contributed by atoms with Crippen LogP contribution in [0.15, 0.2) is 48.5 Å². The number of rotatable bonds is 4. The Hall–Kier alpha value is -1.96. The van der Waals surface area contributed by atoms with Gasteiger partial charge < -0.3 is 9.47 Å². The minimum Gasteiger partial charge on any atom is -0.497 e. The maximum atomic E-state index is 5.35. The number of hydrogen-bond donors (Lipinski definition) is 0. The van der Waals surface area contributed by atoms with Crippen LogP contribution in [0.5, 0.6) is 11.5 Å². The molecule has 0 aliphatic rings. The molecular weight excluding hydrogens is 236 g/mol. The predicted molar refractivity (Wildman–Crippen MR) is 78.1 cm³/mol. The van der Waals surface area contributed by atoms with Gasteiger partial charge in [-0.1, -0.05) is 44.2 Å². The molecule has 0 amide bonds. The molecule has 0 radical (unpaired) electrons. The molecule has 0 saturated heterocycles. The zero-order valence-electron chi connectivity index (χ0n) is 11.9. The largest absolute Gasteiger partial charge is 0.497 e. The van der Waals surface area contributed by atoms with E-state index in [0.717, 1.165) is 11.5 Å². The van der Waals surface area contributed by atoms with E-state index in [1.807, 2.05) is 12.1 Å². The van der Waals surface area contributed by atoms with Crippen LogP contribution >= 0.6 is 0 Å². The maximum Gasteiger partial charge on any atom is 0.122 e. The molecule has 2 aromatic rings. The lowest BCUT2D eigenvalue weighted by atomic mass is 9.78. The summed E-state index contributed by atoms with van der Waals surface area (Å²) >= 11 is 0. The molecule has 0 unspecified atom stereocenters. The molecule has 100 valence electrons. The summed E-state index contributed by atoms with van der Waals surface area (Å²) in [5.41, 5.74) is 2.35. The Morgan fingerprint density at radius 2 is 1.26 bits per heavy atom. The van der Waals surface area contributed by atoms with E-state index in [-0.39, 0.29) is 5.41 Å². The van der Waals surface area contributed by atoms with E-state index in [0.29, 0.717) is 0 Å². The second kappa shape index (κ2) is 5.35. The van der Waals surface area contributed by atoms with Gasteiger partial charge in [-0.2, -0.15) is 0 Å². The maximum absolute atomic E-state index is 5.35. The smallest absolute Gasteiger partial charge is 0.122 e. The molecule has 0 saturated carbocycles. The van der Waals surface area contributed by atoms with Crippen molar-refractivity contribution in [2.45, 2.75) is 19.3 Å². The molecule has 0 spiro atoms. The van der Waals surface area contributed by atoms with Gasteiger partial charge >= 0.3 is 0 Å². The average Bonchev–Trinajstić information content (AvgIpc) is 2.47.